The molecule has 0 heterocycles. The van der Waals surface area contributed by atoms with Crippen molar-refractivity contribution >= 4 is 52.6 Å². The van der Waals surface area contributed by atoms with Crippen LogP contribution in [0.1, 0.15) is 29.3 Å². The molecular weight excluding hydrogens is 580 g/mol. The second kappa shape index (κ2) is 15.2. The van der Waals surface area contributed by atoms with Crippen molar-refractivity contribution in [1.29, 1.82) is 0 Å². The van der Waals surface area contributed by atoms with Crippen molar-refractivity contribution in [1.82, 2.24) is 5.32 Å². The minimum Gasteiger partial charge on any atom is -0.497 e. The van der Waals surface area contributed by atoms with Crippen LogP contribution < -0.4 is 20.7 Å². The van der Waals surface area contributed by atoms with Gasteiger partial charge in [0, 0.05) is 34.0 Å². The molecule has 0 saturated carbocycles. The minimum atomic E-state index is -0.598. The van der Waals surface area contributed by atoms with Crippen LogP contribution in [-0.4, -0.2) is 35.0 Å². The van der Waals surface area contributed by atoms with Crippen LogP contribution in [-0.2, 0) is 9.59 Å². The third-order valence-electron chi connectivity index (χ3n) is 6.33. The van der Waals surface area contributed by atoms with Crippen LogP contribution in [0.15, 0.2) is 114 Å². The number of hydrogen-bond acceptors (Lipinski definition) is 7. The molecule has 0 fully saturated rings. The largest absolute Gasteiger partial charge is 0.497 e. The van der Waals surface area contributed by atoms with Crippen molar-refractivity contribution in [2.45, 2.75) is 23.5 Å². The highest BCUT2D eigenvalue weighted by atomic mass is 32.2. The smallest absolute Gasteiger partial charge is 0.272 e. The molecule has 0 aliphatic heterocycles. The molecule has 3 amide bonds. The number of thioether (sulfide) groups is 1. The van der Waals surface area contributed by atoms with E-state index in [1.807, 2.05) is 13.0 Å². The fraction of sp³-hybridized carbons (Fsp3) is 0.121. The number of hydrogen-bond donors (Lipinski definition) is 3. The summed E-state index contributed by atoms with van der Waals surface area (Å²) >= 11 is 1.36. The number of rotatable bonds is 12. The zero-order chi connectivity index (χ0) is 31.5. The maximum atomic E-state index is 13.4. The Kier molecular flexibility index (Phi) is 10.9. The van der Waals surface area contributed by atoms with E-state index in [9.17, 15) is 24.5 Å². The topological polar surface area (TPSA) is 140 Å². The van der Waals surface area contributed by atoms with Gasteiger partial charge in [0.25, 0.3) is 17.5 Å². The number of nitrogens with one attached hydrogen (secondary N) is 3. The molecular formula is C33H30N4O6S. The Morgan fingerprint density at radius 2 is 1.59 bits per heavy atom. The number of nitro benzene ring substituents is 1. The van der Waals surface area contributed by atoms with Crippen LogP contribution in [0.2, 0.25) is 0 Å². The summed E-state index contributed by atoms with van der Waals surface area (Å²) in [6.07, 6.45) is 2.01. The summed E-state index contributed by atoms with van der Waals surface area (Å²) in [4.78, 5) is 50.6. The lowest BCUT2D eigenvalue weighted by Gasteiger charge is -2.16. The predicted octanol–water partition coefficient (Wildman–Crippen LogP) is 6.52. The highest BCUT2D eigenvalue weighted by Gasteiger charge is 2.20. The molecule has 11 heteroatoms. The van der Waals surface area contributed by atoms with Gasteiger partial charge < -0.3 is 20.7 Å². The zero-order valence-corrected chi connectivity index (χ0v) is 24.8. The summed E-state index contributed by atoms with van der Waals surface area (Å²) in [5.74, 6) is -0.561. The molecule has 0 bridgehead atoms. The molecule has 3 N–H and O–H groups in total. The highest BCUT2D eigenvalue weighted by Crippen LogP contribution is 2.29. The van der Waals surface area contributed by atoms with Crippen molar-refractivity contribution in [2.24, 2.45) is 0 Å². The van der Waals surface area contributed by atoms with Crippen LogP contribution >= 0.6 is 11.8 Å². The quantitative estimate of drug-likeness (QED) is 0.0718. The average Bonchev–Trinajstić information content (AvgIpc) is 3.04. The van der Waals surface area contributed by atoms with E-state index in [1.165, 1.54) is 42.1 Å². The van der Waals surface area contributed by atoms with Gasteiger partial charge in [0.2, 0.25) is 5.91 Å². The summed E-state index contributed by atoms with van der Waals surface area (Å²) in [5, 5.41) is 19.0. The standard InChI is InChI=1S/C33H30N4O6S/c1-3-30(33(40)34-24-14-18-27(43-2)19-15-24)44-28-11-7-10-25(21-28)35-32(39)29(36-31(38)23-8-5-4-6-9-23)20-22-12-16-26(17-13-22)37(41)42/h4-21,30H,3H2,1-2H3,(H,34,40)(H,35,39)(H,36,38)/b29-20+. The first kappa shape index (κ1) is 31.5. The van der Waals surface area contributed by atoms with Crippen molar-refractivity contribution in [3.8, 4) is 5.75 Å². The molecule has 10 nitrogen and oxygen atoms in total. The summed E-state index contributed by atoms with van der Waals surface area (Å²) in [6, 6.07) is 28.1. The molecule has 0 radical (unpaired) electrons. The predicted molar refractivity (Wildman–Crippen MR) is 172 cm³/mol. The molecule has 4 aromatic rings. The lowest BCUT2D eigenvalue weighted by atomic mass is 10.1. The van der Waals surface area contributed by atoms with Crippen LogP contribution in [0.4, 0.5) is 17.1 Å². The first-order valence-corrected chi connectivity index (χ1v) is 14.5. The highest BCUT2D eigenvalue weighted by molar-refractivity contribution is 8.00. The number of carbonyl (C=O) groups is 3. The van der Waals surface area contributed by atoms with Gasteiger partial charge in [-0.1, -0.05) is 31.2 Å². The van der Waals surface area contributed by atoms with Crippen LogP contribution in [0.3, 0.4) is 0 Å². The Morgan fingerprint density at radius 3 is 2.23 bits per heavy atom. The van der Waals surface area contributed by atoms with Gasteiger partial charge in [0.1, 0.15) is 11.4 Å². The molecule has 1 unspecified atom stereocenters. The third kappa shape index (κ3) is 8.79. The van der Waals surface area contributed by atoms with Gasteiger partial charge in [0.05, 0.1) is 17.3 Å². The minimum absolute atomic E-state index is 0.0592. The number of amides is 3. The second-order valence-electron chi connectivity index (χ2n) is 9.44. The molecule has 0 aromatic heterocycles. The van der Waals surface area contributed by atoms with E-state index in [4.69, 9.17) is 4.74 Å². The number of nitro groups is 1. The van der Waals surface area contributed by atoms with Crippen molar-refractivity contribution in [3.05, 3.63) is 130 Å². The number of methoxy groups -OCH3 is 1. The molecule has 0 saturated heterocycles. The van der Waals surface area contributed by atoms with E-state index in [1.54, 1.807) is 79.9 Å². The summed E-state index contributed by atoms with van der Waals surface area (Å²) in [5.41, 5.74) is 1.78. The molecule has 0 aliphatic rings. The first-order chi connectivity index (χ1) is 21.2. The molecule has 44 heavy (non-hydrogen) atoms. The number of non-ortho nitro benzene ring substituents is 1. The van der Waals surface area contributed by atoms with Crippen LogP contribution in [0.25, 0.3) is 6.08 Å². The van der Waals surface area contributed by atoms with Gasteiger partial charge in [-0.3, -0.25) is 24.5 Å². The van der Waals surface area contributed by atoms with E-state index in [0.717, 1.165) is 4.90 Å². The van der Waals surface area contributed by atoms with Crippen molar-refractivity contribution in [2.75, 3.05) is 17.7 Å². The Balaban J connectivity index is 1.50. The number of carbonyl (C=O) groups excluding carboxylic acids is 3. The maximum Gasteiger partial charge on any atom is 0.272 e. The zero-order valence-electron chi connectivity index (χ0n) is 24.0. The Morgan fingerprint density at radius 1 is 0.886 bits per heavy atom. The Bertz CT molecular complexity index is 1660. The number of benzene rings is 4. The Hall–Kier alpha value is -5.42. The second-order valence-corrected chi connectivity index (χ2v) is 10.7. The van der Waals surface area contributed by atoms with Crippen molar-refractivity contribution < 1.29 is 24.0 Å². The monoisotopic (exact) mass is 610 g/mol. The van der Waals surface area contributed by atoms with E-state index >= 15 is 0 Å². The van der Waals surface area contributed by atoms with Gasteiger partial charge >= 0.3 is 0 Å². The van der Waals surface area contributed by atoms with Crippen molar-refractivity contribution in [3.63, 3.8) is 0 Å². The molecule has 1 atom stereocenters. The fourth-order valence-corrected chi connectivity index (χ4v) is 5.04. The molecule has 224 valence electrons. The SMILES string of the molecule is CCC(Sc1cccc(NC(=O)/C(=C\c2ccc([N+](=O)[O-])cc2)NC(=O)c2ccccc2)c1)C(=O)Nc1ccc(OC)cc1. The Labute approximate surface area is 258 Å². The normalized spacial score (nSPS) is 11.6. The molecule has 0 aliphatic carbocycles. The summed E-state index contributed by atoms with van der Waals surface area (Å²) < 4.78 is 5.16. The summed E-state index contributed by atoms with van der Waals surface area (Å²) in [7, 11) is 1.57. The molecule has 4 rings (SSSR count). The fourth-order valence-electron chi connectivity index (χ4n) is 4.03. The van der Waals surface area contributed by atoms with Gasteiger partial charge in [-0.05, 0) is 84.8 Å². The van der Waals surface area contributed by atoms with Gasteiger partial charge in [-0.15, -0.1) is 11.8 Å². The number of ether oxygens (including phenoxy) is 1. The van der Waals surface area contributed by atoms with Gasteiger partial charge in [-0.2, -0.15) is 0 Å². The van der Waals surface area contributed by atoms with Crippen LogP contribution in [0, 0.1) is 10.1 Å². The number of anilines is 2. The van der Waals surface area contributed by atoms with Gasteiger partial charge in [-0.25, -0.2) is 0 Å². The van der Waals surface area contributed by atoms with Crippen LogP contribution in [0.5, 0.6) is 5.75 Å². The first-order valence-electron chi connectivity index (χ1n) is 13.6. The molecule has 4 aromatic carbocycles. The van der Waals surface area contributed by atoms with E-state index in [0.29, 0.717) is 34.7 Å². The lowest BCUT2D eigenvalue weighted by molar-refractivity contribution is -0.384. The molecule has 0 spiro atoms. The lowest BCUT2D eigenvalue weighted by Crippen LogP contribution is -2.30. The maximum absolute atomic E-state index is 13.4. The van der Waals surface area contributed by atoms with E-state index in [-0.39, 0.29) is 17.3 Å². The number of nitrogens with zero attached hydrogens (tertiary/aromatic N) is 1. The van der Waals surface area contributed by atoms with E-state index < -0.39 is 22.0 Å². The third-order valence-corrected chi connectivity index (χ3v) is 7.69. The summed E-state index contributed by atoms with van der Waals surface area (Å²) in [6.45, 7) is 1.92. The van der Waals surface area contributed by atoms with Gasteiger partial charge in [0.15, 0.2) is 0 Å². The van der Waals surface area contributed by atoms with E-state index in [2.05, 4.69) is 16.0 Å². The average molecular weight is 611 g/mol.